The second-order valence-electron chi connectivity index (χ2n) is 7.37. The fourth-order valence-electron chi connectivity index (χ4n) is 3.38. The Morgan fingerprint density at radius 3 is 2.50 bits per heavy atom. The van der Waals surface area contributed by atoms with Crippen LogP contribution in [0.1, 0.15) is 18.1 Å². The number of aromatic nitrogens is 1. The van der Waals surface area contributed by atoms with Crippen molar-refractivity contribution >= 4 is 41.8 Å². The number of amides is 1. The van der Waals surface area contributed by atoms with E-state index in [1.807, 2.05) is 53.2 Å². The molecule has 2 aromatic carbocycles. The van der Waals surface area contributed by atoms with E-state index in [9.17, 15) is 10.1 Å². The lowest BCUT2D eigenvalue weighted by Crippen LogP contribution is -2.22. The Labute approximate surface area is 192 Å². The fraction of sp³-hybridized carbons (Fsp3) is 0.120. The van der Waals surface area contributed by atoms with Gasteiger partial charge >= 0.3 is 0 Å². The van der Waals surface area contributed by atoms with Crippen molar-refractivity contribution in [1.82, 2.24) is 9.47 Å². The van der Waals surface area contributed by atoms with E-state index in [0.717, 1.165) is 16.8 Å². The summed E-state index contributed by atoms with van der Waals surface area (Å²) in [6, 6.07) is 16.7. The molecular formula is C25H22ClN5O. The number of nitrogens with one attached hydrogen (secondary N) is 1. The number of carbonyl (C=O) groups excluding carboxylic acids is 1. The van der Waals surface area contributed by atoms with E-state index in [0.29, 0.717) is 27.7 Å². The second-order valence-corrected chi connectivity index (χ2v) is 7.80. The van der Waals surface area contributed by atoms with Gasteiger partial charge in [0.2, 0.25) is 0 Å². The van der Waals surface area contributed by atoms with E-state index in [1.165, 1.54) is 4.90 Å². The van der Waals surface area contributed by atoms with Crippen LogP contribution < -0.4 is 0 Å². The molecule has 0 fully saturated rings. The van der Waals surface area contributed by atoms with Crippen molar-refractivity contribution in [1.29, 1.82) is 10.7 Å². The zero-order chi connectivity index (χ0) is 23.4. The van der Waals surface area contributed by atoms with Gasteiger partial charge < -0.3 is 14.9 Å². The minimum absolute atomic E-state index is 0.0413. The zero-order valence-corrected chi connectivity index (χ0v) is 18.8. The van der Waals surface area contributed by atoms with Gasteiger partial charge in [-0.3, -0.25) is 4.79 Å². The summed E-state index contributed by atoms with van der Waals surface area (Å²) in [5.41, 5.74) is 4.26. The fourth-order valence-corrected chi connectivity index (χ4v) is 3.51. The summed E-state index contributed by atoms with van der Waals surface area (Å²) in [7, 11) is 3.20. The molecule has 160 valence electrons. The summed E-state index contributed by atoms with van der Waals surface area (Å²) in [5, 5.41) is 18.3. The Morgan fingerprint density at radius 1 is 1.25 bits per heavy atom. The van der Waals surface area contributed by atoms with E-state index in [4.69, 9.17) is 17.0 Å². The van der Waals surface area contributed by atoms with Crippen LogP contribution in [-0.2, 0) is 4.79 Å². The van der Waals surface area contributed by atoms with Crippen molar-refractivity contribution in [3.8, 4) is 22.9 Å². The molecule has 3 rings (SSSR count). The van der Waals surface area contributed by atoms with E-state index in [2.05, 4.69) is 11.7 Å². The molecule has 0 radical (unpaired) electrons. The average molecular weight is 444 g/mol. The highest BCUT2D eigenvalue weighted by molar-refractivity contribution is 6.30. The molecule has 0 bridgehead atoms. The smallest absolute Gasteiger partial charge is 0.264 e. The lowest BCUT2D eigenvalue weighted by molar-refractivity contribution is -0.124. The Bertz CT molecular complexity index is 1280. The average Bonchev–Trinajstić information content (AvgIpc) is 3.17. The quantitative estimate of drug-likeness (QED) is 0.309. The molecule has 6 nitrogen and oxygen atoms in total. The summed E-state index contributed by atoms with van der Waals surface area (Å²) in [6.07, 6.45) is 3.46. The predicted molar refractivity (Wildman–Crippen MR) is 130 cm³/mol. The van der Waals surface area contributed by atoms with Crippen molar-refractivity contribution in [2.75, 3.05) is 14.1 Å². The first kappa shape index (κ1) is 22.7. The van der Waals surface area contributed by atoms with Crippen LogP contribution in [0.25, 0.3) is 22.9 Å². The van der Waals surface area contributed by atoms with Crippen LogP contribution in [0.5, 0.6) is 0 Å². The van der Waals surface area contributed by atoms with Crippen LogP contribution in [0.3, 0.4) is 0 Å². The lowest BCUT2D eigenvalue weighted by atomic mass is 10.0. The van der Waals surface area contributed by atoms with Gasteiger partial charge in [0.25, 0.3) is 5.91 Å². The minimum Gasteiger partial charge on any atom is -0.344 e. The maximum Gasteiger partial charge on any atom is 0.264 e. The molecule has 0 aliphatic rings. The number of carbonyl (C=O) groups is 1. The summed E-state index contributed by atoms with van der Waals surface area (Å²) in [4.78, 5) is 17.8. The Balaban J connectivity index is 2.18. The summed E-state index contributed by atoms with van der Waals surface area (Å²) in [6.45, 7) is 5.42. The molecule has 0 saturated carbocycles. The lowest BCUT2D eigenvalue weighted by Gasteiger charge is -2.10. The monoisotopic (exact) mass is 443 g/mol. The zero-order valence-electron chi connectivity index (χ0n) is 18.1. The van der Waals surface area contributed by atoms with Crippen LogP contribution in [0.4, 0.5) is 5.82 Å². The van der Waals surface area contributed by atoms with Crippen molar-refractivity contribution < 1.29 is 4.79 Å². The molecule has 1 N–H and O–H groups in total. The van der Waals surface area contributed by atoms with Crippen LogP contribution in [0.2, 0.25) is 5.02 Å². The molecule has 0 unspecified atom stereocenters. The first-order chi connectivity index (χ1) is 15.3. The molecule has 0 saturated heterocycles. The SMILES string of the molecule is C=Nc1c(C(C)=N)c(-c2ccc(Cl)cc2)cn1-c1cccc(C=C(C#N)C(=O)N(C)C)c1. The Morgan fingerprint density at radius 2 is 1.94 bits per heavy atom. The molecular weight excluding hydrogens is 422 g/mol. The number of aliphatic imine (C=N–C) groups is 1. The molecule has 7 heteroatoms. The molecule has 0 spiro atoms. The number of benzene rings is 2. The van der Waals surface area contributed by atoms with Crippen LogP contribution >= 0.6 is 11.6 Å². The van der Waals surface area contributed by atoms with E-state index in [-0.39, 0.29) is 11.5 Å². The largest absolute Gasteiger partial charge is 0.344 e. The van der Waals surface area contributed by atoms with Gasteiger partial charge in [0.05, 0.1) is 0 Å². The predicted octanol–water partition coefficient (Wildman–Crippen LogP) is 5.51. The molecule has 0 aliphatic heterocycles. The van der Waals surface area contributed by atoms with Gasteiger partial charge in [-0.1, -0.05) is 35.9 Å². The maximum absolute atomic E-state index is 12.2. The van der Waals surface area contributed by atoms with Gasteiger partial charge in [-0.05, 0) is 55.1 Å². The minimum atomic E-state index is -0.362. The number of likely N-dealkylation sites (N-methyl/N-ethyl adjacent to an activating group) is 1. The first-order valence-corrected chi connectivity index (χ1v) is 10.1. The van der Waals surface area contributed by atoms with Crippen molar-refractivity contribution in [3.05, 3.63) is 76.5 Å². The van der Waals surface area contributed by atoms with Crippen LogP contribution in [0.15, 0.2) is 65.3 Å². The molecule has 0 aliphatic carbocycles. The third-order valence-corrected chi connectivity index (χ3v) is 5.13. The summed E-state index contributed by atoms with van der Waals surface area (Å²) in [5.74, 6) is 0.174. The van der Waals surface area contributed by atoms with Gasteiger partial charge in [0.1, 0.15) is 17.5 Å². The molecule has 1 amide bonds. The number of nitrogens with zero attached hydrogens (tertiary/aromatic N) is 4. The number of halogens is 1. The van der Waals surface area contributed by atoms with Crippen molar-refractivity contribution in [3.63, 3.8) is 0 Å². The molecule has 0 atom stereocenters. The molecule has 1 aromatic heterocycles. The van der Waals surface area contributed by atoms with Gasteiger partial charge in [-0.15, -0.1) is 0 Å². The van der Waals surface area contributed by atoms with Crippen molar-refractivity contribution in [2.24, 2.45) is 4.99 Å². The molecule has 32 heavy (non-hydrogen) atoms. The maximum atomic E-state index is 12.2. The Hall–Kier alpha value is -3.95. The number of hydrogen-bond acceptors (Lipinski definition) is 4. The van der Waals surface area contributed by atoms with Crippen LogP contribution in [-0.4, -0.2) is 41.9 Å². The van der Waals surface area contributed by atoms with Gasteiger partial charge in [-0.25, -0.2) is 4.99 Å². The standard InChI is InChI=1S/C25H22ClN5O/c1-16(28)23-22(18-8-10-20(26)11-9-18)15-31(24(23)29-2)21-7-5-6-17(13-21)12-19(14-27)25(32)30(3)4/h5-13,15,28H,2H2,1,3-4H3. The van der Waals surface area contributed by atoms with E-state index in [1.54, 1.807) is 39.2 Å². The molecule has 1 heterocycles. The van der Waals surface area contributed by atoms with E-state index >= 15 is 0 Å². The summed E-state index contributed by atoms with van der Waals surface area (Å²) >= 11 is 6.04. The first-order valence-electron chi connectivity index (χ1n) is 9.74. The second kappa shape index (κ2) is 9.46. The summed E-state index contributed by atoms with van der Waals surface area (Å²) < 4.78 is 1.85. The number of rotatable bonds is 6. The Kier molecular flexibility index (Phi) is 6.72. The highest BCUT2D eigenvalue weighted by Gasteiger charge is 2.19. The third kappa shape index (κ3) is 4.53. The number of nitriles is 1. The van der Waals surface area contributed by atoms with Gasteiger partial charge in [0, 0.05) is 47.8 Å². The topological polar surface area (TPSA) is 85.2 Å². The highest BCUT2D eigenvalue weighted by atomic mass is 35.5. The van der Waals surface area contributed by atoms with Gasteiger partial charge in [0.15, 0.2) is 0 Å². The van der Waals surface area contributed by atoms with Gasteiger partial charge in [-0.2, -0.15) is 5.26 Å². The third-order valence-electron chi connectivity index (χ3n) is 4.88. The van der Waals surface area contributed by atoms with Crippen molar-refractivity contribution in [2.45, 2.75) is 6.92 Å². The molecule has 3 aromatic rings. The van der Waals surface area contributed by atoms with Crippen LogP contribution in [0, 0.1) is 16.7 Å². The highest BCUT2D eigenvalue weighted by Crippen LogP contribution is 2.36. The van der Waals surface area contributed by atoms with E-state index < -0.39 is 0 Å². The normalized spacial score (nSPS) is 11.0. The number of hydrogen-bond donors (Lipinski definition) is 1.